The van der Waals surface area contributed by atoms with Crippen LogP contribution in [0.15, 0.2) is 188 Å². The van der Waals surface area contributed by atoms with Crippen molar-refractivity contribution >= 4 is 32.6 Å². The molecule has 1 aromatic heterocycles. The Morgan fingerprint density at radius 1 is 0.302 bits per heavy atom. The summed E-state index contributed by atoms with van der Waals surface area (Å²) in [4.78, 5) is 0. The van der Waals surface area contributed by atoms with Crippen molar-refractivity contribution in [2.24, 2.45) is 0 Å². The van der Waals surface area contributed by atoms with Crippen LogP contribution in [0.1, 0.15) is 33.4 Å². The van der Waals surface area contributed by atoms with E-state index in [4.69, 9.17) is 0 Å². The van der Waals surface area contributed by atoms with Gasteiger partial charge in [-0.3, -0.25) is 0 Å². The Balaban J connectivity index is 0.000000129. The summed E-state index contributed by atoms with van der Waals surface area (Å²) in [5.74, 6) is 0. The highest BCUT2D eigenvalue weighted by Crippen LogP contribution is 2.32. The van der Waals surface area contributed by atoms with Crippen LogP contribution >= 0.6 is 0 Å². The maximum absolute atomic E-state index is 2.34. The average Bonchev–Trinajstić information content (AvgIpc) is 3.51. The third-order valence-corrected chi connectivity index (χ3v) is 9.52. The third kappa shape index (κ3) is 9.19. The van der Waals surface area contributed by atoms with Gasteiger partial charge in [0.15, 0.2) is 0 Å². The zero-order valence-electron chi connectivity index (χ0n) is 31.8. The van der Waals surface area contributed by atoms with Gasteiger partial charge in [-0.05, 0) is 105 Å². The minimum absolute atomic E-state index is 1.21. The van der Waals surface area contributed by atoms with Crippen LogP contribution in [0.3, 0.4) is 0 Å². The van der Waals surface area contributed by atoms with E-state index in [1.54, 1.807) is 0 Å². The molecule has 0 bridgehead atoms. The van der Waals surface area contributed by atoms with E-state index in [-0.39, 0.29) is 0 Å². The second kappa shape index (κ2) is 17.4. The number of para-hydroxylation sites is 2. The second-order valence-electron chi connectivity index (χ2n) is 13.8. The van der Waals surface area contributed by atoms with Crippen LogP contribution in [0.2, 0.25) is 0 Å². The van der Waals surface area contributed by atoms with Crippen molar-refractivity contribution in [3.8, 4) is 16.8 Å². The Kier molecular flexibility index (Phi) is 12.0. The molecule has 0 atom stereocenters. The van der Waals surface area contributed by atoms with Gasteiger partial charge in [-0.1, -0.05) is 180 Å². The molecule has 0 aliphatic carbocycles. The molecule has 8 aromatic carbocycles. The van der Waals surface area contributed by atoms with Gasteiger partial charge in [-0.15, -0.1) is 0 Å². The lowest BCUT2D eigenvalue weighted by Gasteiger charge is -2.09. The summed E-state index contributed by atoms with van der Waals surface area (Å²) in [6.07, 6.45) is 0. The number of hydrogen-bond acceptors (Lipinski definition) is 0. The highest BCUT2D eigenvalue weighted by molar-refractivity contribution is 6.09. The SMILES string of the molecule is Cc1ccc(C)c(-c2ccccc2C)c1.Cc1ccc2c(c1)c1ccccc1n2-c1ccccc1.Cc1ccc2ccccc2c1.Cc1ccccc1. The average molecular weight is 688 g/mol. The second-order valence-corrected chi connectivity index (χ2v) is 13.8. The van der Waals surface area contributed by atoms with Crippen molar-refractivity contribution in [1.29, 1.82) is 0 Å². The van der Waals surface area contributed by atoms with Crippen LogP contribution in [-0.4, -0.2) is 4.57 Å². The molecule has 0 unspecified atom stereocenters. The number of rotatable bonds is 2. The highest BCUT2D eigenvalue weighted by Gasteiger charge is 2.11. The third-order valence-electron chi connectivity index (χ3n) is 9.52. The normalized spacial score (nSPS) is 10.5. The van der Waals surface area contributed by atoms with Gasteiger partial charge in [-0.2, -0.15) is 0 Å². The van der Waals surface area contributed by atoms with Crippen LogP contribution in [0.5, 0.6) is 0 Å². The van der Waals surface area contributed by atoms with E-state index in [2.05, 4.69) is 216 Å². The van der Waals surface area contributed by atoms with Gasteiger partial charge in [0.1, 0.15) is 0 Å². The number of fused-ring (bicyclic) bond motifs is 4. The predicted molar refractivity (Wildman–Crippen MR) is 231 cm³/mol. The fourth-order valence-corrected chi connectivity index (χ4v) is 6.69. The van der Waals surface area contributed by atoms with Crippen LogP contribution in [0.4, 0.5) is 0 Å². The van der Waals surface area contributed by atoms with Crippen molar-refractivity contribution in [3.05, 3.63) is 221 Å². The van der Waals surface area contributed by atoms with E-state index in [0.717, 1.165) is 0 Å². The van der Waals surface area contributed by atoms with Gasteiger partial charge in [0.25, 0.3) is 0 Å². The molecule has 0 spiro atoms. The first-order valence-electron chi connectivity index (χ1n) is 18.4. The molecule has 1 heterocycles. The van der Waals surface area contributed by atoms with E-state index in [9.17, 15) is 0 Å². The molecule has 53 heavy (non-hydrogen) atoms. The molecule has 0 aliphatic rings. The minimum Gasteiger partial charge on any atom is -0.309 e. The smallest absolute Gasteiger partial charge is 0.0541 e. The van der Waals surface area contributed by atoms with Gasteiger partial charge >= 0.3 is 0 Å². The first kappa shape index (κ1) is 36.6. The van der Waals surface area contributed by atoms with E-state index in [0.29, 0.717) is 0 Å². The van der Waals surface area contributed by atoms with Crippen LogP contribution in [0, 0.1) is 41.5 Å². The number of aryl methyl sites for hydroxylation is 6. The van der Waals surface area contributed by atoms with E-state index in [1.807, 2.05) is 18.2 Å². The summed E-state index contributed by atoms with van der Waals surface area (Å²) in [6, 6.07) is 66.2. The first-order chi connectivity index (χ1) is 25.8. The maximum atomic E-state index is 2.34. The summed E-state index contributed by atoms with van der Waals surface area (Å²) in [5.41, 5.74) is 14.4. The molecule has 0 fully saturated rings. The summed E-state index contributed by atoms with van der Waals surface area (Å²) in [6.45, 7) is 12.8. The zero-order valence-corrected chi connectivity index (χ0v) is 31.8. The fourth-order valence-electron chi connectivity index (χ4n) is 6.69. The lowest BCUT2D eigenvalue weighted by molar-refractivity contribution is 1.18. The van der Waals surface area contributed by atoms with Crippen molar-refractivity contribution in [2.75, 3.05) is 0 Å². The Morgan fingerprint density at radius 3 is 1.55 bits per heavy atom. The first-order valence-corrected chi connectivity index (χ1v) is 18.4. The molecule has 1 heteroatoms. The predicted octanol–water partition coefficient (Wildman–Crippen LogP) is 14.5. The van der Waals surface area contributed by atoms with E-state index >= 15 is 0 Å². The molecule has 0 amide bonds. The lowest BCUT2D eigenvalue weighted by atomic mass is 9.95. The van der Waals surface area contributed by atoms with Crippen molar-refractivity contribution in [2.45, 2.75) is 41.5 Å². The summed E-state index contributed by atoms with van der Waals surface area (Å²) in [5, 5.41) is 5.28. The topological polar surface area (TPSA) is 4.93 Å². The molecule has 9 aromatic rings. The quantitative estimate of drug-likeness (QED) is 0.170. The largest absolute Gasteiger partial charge is 0.309 e. The molecule has 0 aliphatic heterocycles. The van der Waals surface area contributed by atoms with Gasteiger partial charge in [0.2, 0.25) is 0 Å². The lowest BCUT2D eigenvalue weighted by Crippen LogP contribution is -1.92. The van der Waals surface area contributed by atoms with Crippen LogP contribution in [-0.2, 0) is 0 Å². The molecular weight excluding hydrogens is 639 g/mol. The zero-order chi connectivity index (χ0) is 37.2. The fraction of sp³-hybridized carbons (Fsp3) is 0.115. The summed E-state index contributed by atoms with van der Waals surface area (Å²) in [7, 11) is 0. The van der Waals surface area contributed by atoms with Gasteiger partial charge in [0.05, 0.1) is 11.0 Å². The molecule has 9 rings (SSSR count). The molecule has 0 saturated carbocycles. The Bertz CT molecular complexity index is 2560. The van der Waals surface area contributed by atoms with Crippen molar-refractivity contribution in [1.82, 2.24) is 4.57 Å². The standard InChI is InChI=1S/C19H15N.C15H16.C11H10.C7H8/c1-14-11-12-19-17(13-14)16-9-5-6-10-18(16)20(19)15-7-3-2-4-8-15;1-11-8-9-13(3)15(10-11)14-7-5-4-6-12(14)2;1-9-6-7-10-4-2-3-5-11(10)8-9;1-7-5-3-2-4-6-7/h2-13H,1H3;4-10H,1-3H3;2-8H,1H3;2-6H,1H3. The molecular formula is C52H49N. The van der Waals surface area contributed by atoms with Crippen molar-refractivity contribution in [3.63, 3.8) is 0 Å². The molecule has 262 valence electrons. The number of hydrogen-bond donors (Lipinski definition) is 0. The van der Waals surface area contributed by atoms with E-state index < -0.39 is 0 Å². The summed E-state index contributed by atoms with van der Waals surface area (Å²) >= 11 is 0. The maximum Gasteiger partial charge on any atom is 0.0541 e. The molecule has 0 N–H and O–H groups in total. The Labute approximate surface area is 315 Å². The highest BCUT2D eigenvalue weighted by atomic mass is 15.0. The summed E-state index contributed by atoms with van der Waals surface area (Å²) < 4.78 is 2.34. The number of nitrogens with zero attached hydrogens (tertiary/aromatic N) is 1. The molecule has 0 radical (unpaired) electrons. The molecule has 1 nitrogen and oxygen atoms in total. The van der Waals surface area contributed by atoms with Gasteiger partial charge < -0.3 is 4.57 Å². The van der Waals surface area contributed by atoms with Gasteiger partial charge in [-0.25, -0.2) is 0 Å². The monoisotopic (exact) mass is 687 g/mol. The molecule has 0 saturated heterocycles. The Morgan fingerprint density at radius 2 is 0.830 bits per heavy atom. The van der Waals surface area contributed by atoms with E-state index in [1.165, 1.54) is 82.8 Å². The minimum atomic E-state index is 1.21. The van der Waals surface area contributed by atoms with Crippen LogP contribution < -0.4 is 0 Å². The number of aromatic nitrogens is 1. The van der Waals surface area contributed by atoms with Crippen molar-refractivity contribution < 1.29 is 0 Å². The van der Waals surface area contributed by atoms with Gasteiger partial charge in [0, 0.05) is 16.5 Å². The number of benzene rings is 8. The Hall–Kier alpha value is -6.18. The van der Waals surface area contributed by atoms with Crippen LogP contribution in [0.25, 0.3) is 49.4 Å².